The molecule has 1 aromatic heterocycles. The van der Waals surface area contributed by atoms with Crippen molar-refractivity contribution in [3.8, 4) is 5.75 Å². The molecule has 3 aromatic carbocycles. The van der Waals surface area contributed by atoms with Crippen LogP contribution >= 0.6 is 23.4 Å². The number of rotatable bonds is 7. The van der Waals surface area contributed by atoms with Gasteiger partial charge in [0, 0.05) is 22.2 Å². The molecule has 2 N–H and O–H groups in total. The summed E-state index contributed by atoms with van der Waals surface area (Å²) in [7, 11) is 1.63. The van der Waals surface area contributed by atoms with Gasteiger partial charge in [0.05, 0.1) is 12.7 Å². The van der Waals surface area contributed by atoms with Crippen LogP contribution in [0.2, 0.25) is 5.02 Å². The second kappa shape index (κ2) is 10.9. The van der Waals surface area contributed by atoms with Crippen LogP contribution in [0.1, 0.15) is 35.2 Å². The average molecular weight is 546 g/mol. The van der Waals surface area contributed by atoms with Gasteiger partial charge in [-0.25, -0.2) is 4.68 Å². The van der Waals surface area contributed by atoms with Crippen LogP contribution in [-0.4, -0.2) is 27.8 Å². The molecule has 0 saturated heterocycles. The highest BCUT2D eigenvalue weighted by Gasteiger charge is 2.34. The predicted molar refractivity (Wildman–Crippen MR) is 153 cm³/mol. The molecule has 1 aliphatic rings. The zero-order valence-corrected chi connectivity index (χ0v) is 23.2. The Kier molecular flexibility index (Phi) is 7.44. The monoisotopic (exact) mass is 545 g/mol. The van der Waals surface area contributed by atoms with Gasteiger partial charge in [0.25, 0.3) is 5.91 Å². The third kappa shape index (κ3) is 5.42. The van der Waals surface area contributed by atoms with Crippen LogP contribution < -0.4 is 15.4 Å². The Balaban J connectivity index is 1.49. The Morgan fingerprint density at radius 3 is 2.50 bits per heavy atom. The minimum Gasteiger partial charge on any atom is -0.497 e. The fraction of sp³-hybridized carbons (Fsp3) is 0.207. The summed E-state index contributed by atoms with van der Waals surface area (Å²) in [5.41, 5.74) is 6.24. The molecule has 0 saturated carbocycles. The van der Waals surface area contributed by atoms with E-state index in [1.807, 2.05) is 81.4 Å². The van der Waals surface area contributed by atoms with E-state index in [1.165, 1.54) is 11.8 Å². The van der Waals surface area contributed by atoms with E-state index in [2.05, 4.69) is 16.7 Å². The van der Waals surface area contributed by atoms with E-state index in [0.717, 1.165) is 39.4 Å². The highest BCUT2D eigenvalue weighted by atomic mass is 35.5. The van der Waals surface area contributed by atoms with Crippen LogP contribution in [0.4, 0.5) is 11.6 Å². The minimum absolute atomic E-state index is 0.195. The maximum absolute atomic E-state index is 13.8. The van der Waals surface area contributed by atoms with Gasteiger partial charge in [-0.15, -0.1) is 5.10 Å². The van der Waals surface area contributed by atoms with Gasteiger partial charge in [-0.05, 0) is 67.8 Å². The lowest BCUT2D eigenvalue weighted by atomic mass is 9.94. The number of benzene rings is 3. The van der Waals surface area contributed by atoms with Crippen LogP contribution in [0.3, 0.4) is 0 Å². The molecule has 1 amide bonds. The summed E-state index contributed by atoms with van der Waals surface area (Å²) in [4.78, 5) is 18.5. The first-order chi connectivity index (χ1) is 18.3. The van der Waals surface area contributed by atoms with E-state index in [9.17, 15) is 4.79 Å². The number of allylic oxidation sites excluding steroid dienone is 1. The molecule has 4 aromatic rings. The maximum atomic E-state index is 13.8. The largest absolute Gasteiger partial charge is 0.497 e. The van der Waals surface area contributed by atoms with E-state index in [1.54, 1.807) is 11.8 Å². The first-order valence-electron chi connectivity index (χ1n) is 12.2. The van der Waals surface area contributed by atoms with Gasteiger partial charge in [0.15, 0.2) is 0 Å². The lowest BCUT2D eigenvalue weighted by molar-refractivity contribution is -0.113. The standard InChI is InChI=1S/C29H28ClN5O2S/c1-17-5-14-24(18(2)15-17)32-27(36)25-19(3)31-28-33-29(38-16-20-6-10-22(30)11-7-20)34-35(28)26(25)21-8-12-23(37-4)13-9-21/h5-15,26H,16H2,1-4H3,(H,32,36)(H,31,33,34)/t26-/m0/s1. The van der Waals surface area contributed by atoms with Crippen LogP contribution in [0.25, 0.3) is 0 Å². The summed E-state index contributed by atoms with van der Waals surface area (Å²) in [5, 5.41) is 12.6. The molecule has 5 rings (SSSR count). The quantitative estimate of drug-likeness (QED) is 0.249. The molecule has 0 unspecified atom stereocenters. The number of halogens is 1. The van der Waals surface area contributed by atoms with Crippen LogP contribution in [0.15, 0.2) is 83.2 Å². The third-order valence-corrected chi connectivity index (χ3v) is 7.58. The molecule has 0 bridgehead atoms. The number of amides is 1. The van der Waals surface area contributed by atoms with Gasteiger partial charge in [-0.3, -0.25) is 4.79 Å². The zero-order chi connectivity index (χ0) is 26.8. The van der Waals surface area contributed by atoms with Crippen molar-refractivity contribution in [3.05, 3.63) is 105 Å². The molecular weight excluding hydrogens is 518 g/mol. The second-order valence-electron chi connectivity index (χ2n) is 9.19. The Hall–Kier alpha value is -3.75. The number of nitrogens with one attached hydrogen (secondary N) is 2. The maximum Gasteiger partial charge on any atom is 0.255 e. The average Bonchev–Trinajstić information content (AvgIpc) is 3.31. The second-order valence-corrected chi connectivity index (χ2v) is 10.6. The highest BCUT2D eigenvalue weighted by Crippen LogP contribution is 2.37. The number of aryl methyl sites for hydroxylation is 2. The van der Waals surface area contributed by atoms with Crippen molar-refractivity contribution in [2.24, 2.45) is 0 Å². The number of hydrogen-bond donors (Lipinski definition) is 2. The Labute approximate surface area is 231 Å². The lowest BCUT2D eigenvalue weighted by Gasteiger charge is -2.29. The van der Waals surface area contributed by atoms with Crippen molar-refractivity contribution >= 4 is 40.9 Å². The number of nitrogens with zero attached hydrogens (tertiary/aromatic N) is 3. The number of carbonyl (C=O) groups is 1. The molecule has 0 fully saturated rings. The predicted octanol–water partition coefficient (Wildman–Crippen LogP) is 6.78. The number of anilines is 2. The minimum atomic E-state index is -0.472. The molecule has 38 heavy (non-hydrogen) atoms. The number of methoxy groups -OCH3 is 1. The van der Waals surface area contributed by atoms with Crippen molar-refractivity contribution < 1.29 is 9.53 Å². The summed E-state index contributed by atoms with van der Waals surface area (Å²) >= 11 is 7.55. The van der Waals surface area contributed by atoms with Gasteiger partial charge < -0.3 is 15.4 Å². The van der Waals surface area contributed by atoms with E-state index in [-0.39, 0.29) is 5.91 Å². The molecule has 0 spiro atoms. The van der Waals surface area contributed by atoms with Crippen molar-refractivity contribution in [2.45, 2.75) is 37.7 Å². The van der Waals surface area contributed by atoms with Crippen molar-refractivity contribution in [1.82, 2.24) is 14.8 Å². The first kappa shape index (κ1) is 25.9. The SMILES string of the molecule is COc1ccc([C@H]2C(C(=O)Nc3ccc(C)cc3C)=C(C)Nc3nc(SCc4ccc(Cl)cc4)nn32)cc1. The number of thioether (sulfide) groups is 1. The smallest absolute Gasteiger partial charge is 0.255 e. The lowest BCUT2D eigenvalue weighted by Crippen LogP contribution is -2.31. The summed E-state index contributed by atoms with van der Waals surface area (Å²) in [6.45, 7) is 5.92. The molecule has 2 heterocycles. The summed E-state index contributed by atoms with van der Waals surface area (Å²) in [6, 6.07) is 20.9. The molecule has 9 heteroatoms. The molecule has 7 nitrogen and oxygen atoms in total. The molecule has 1 aliphatic heterocycles. The summed E-state index contributed by atoms with van der Waals surface area (Å²) < 4.78 is 7.15. The molecule has 194 valence electrons. The fourth-order valence-corrected chi connectivity index (χ4v) is 5.36. The third-order valence-electron chi connectivity index (χ3n) is 6.42. The Morgan fingerprint density at radius 1 is 1.08 bits per heavy atom. The fourth-order valence-electron chi connectivity index (χ4n) is 4.45. The number of fused-ring (bicyclic) bond motifs is 1. The number of ether oxygens (including phenoxy) is 1. The normalized spacial score (nSPS) is 14.6. The van der Waals surface area contributed by atoms with Gasteiger partial charge in [0.2, 0.25) is 11.1 Å². The first-order valence-corrected chi connectivity index (χ1v) is 13.5. The van der Waals surface area contributed by atoms with Crippen LogP contribution in [-0.2, 0) is 10.5 Å². The van der Waals surface area contributed by atoms with Gasteiger partial charge in [-0.2, -0.15) is 4.98 Å². The Bertz CT molecular complexity index is 1510. The van der Waals surface area contributed by atoms with Crippen LogP contribution in [0, 0.1) is 13.8 Å². The van der Waals surface area contributed by atoms with Gasteiger partial charge in [-0.1, -0.05) is 65.3 Å². The molecular formula is C29H28ClN5O2S. The number of hydrogen-bond acceptors (Lipinski definition) is 6. The van der Waals surface area contributed by atoms with Gasteiger partial charge >= 0.3 is 0 Å². The van der Waals surface area contributed by atoms with Crippen molar-refractivity contribution in [3.63, 3.8) is 0 Å². The Morgan fingerprint density at radius 2 is 1.82 bits per heavy atom. The molecule has 0 radical (unpaired) electrons. The van der Waals surface area contributed by atoms with Gasteiger partial charge in [0.1, 0.15) is 11.8 Å². The van der Waals surface area contributed by atoms with Crippen molar-refractivity contribution in [2.75, 3.05) is 17.7 Å². The number of carbonyl (C=O) groups excluding carboxylic acids is 1. The zero-order valence-electron chi connectivity index (χ0n) is 21.6. The highest BCUT2D eigenvalue weighted by molar-refractivity contribution is 7.98. The van der Waals surface area contributed by atoms with E-state index >= 15 is 0 Å². The van der Waals surface area contributed by atoms with Crippen LogP contribution in [0.5, 0.6) is 5.75 Å². The molecule has 0 aliphatic carbocycles. The van der Waals surface area contributed by atoms with Crippen molar-refractivity contribution in [1.29, 1.82) is 0 Å². The van der Waals surface area contributed by atoms with E-state index < -0.39 is 6.04 Å². The summed E-state index contributed by atoms with van der Waals surface area (Å²) in [5.74, 6) is 1.83. The van der Waals surface area contributed by atoms with E-state index in [0.29, 0.717) is 27.5 Å². The summed E-state index contributed by atoms with van der Waals surface area (Å²) in [6.07, 6.45) is 0. The van der Waals surface area contributed by atoms with E-state index in [4.69, 9.17) is 26.4 Å². The molecule has 1 atom stereocenters. The number of aromatic nitrogens is 3. The topological polar surface area (TPSA) is 81.1 Å².